The largest absolute Gasteiger partial charge is 0.494 e. The van der Waals surface area contributed by atoms with Crippen molar-refractivity contribution in [2.24, 2.45) is 10.7 Å². The summed E-state index contributed by atoms with van der Waals surface area (Å²) < 4.78 is 22.5. The van der Waals surface area contributed by atoms with E-state index < -0.39 is 11.6 Å². The van der Waals surface area contributed by atoms with Crippen LogP contribution in [-0.2, 0) is 9.59 Å². The van der Waals surface area contributed by atoms with E-state index in [2.05, 4.69) is 11.2 Å². The molecule has 41 heavy (non-hydrogen) atoms. The number of piperidine rings is 1. The highest BCUT2D eigenvalue weighted by Crippen LogP contribution is 2.31. The maximum Gasteiger partial charge on any atom is 0.264 e. The van der Waals surface area contributed by atoms with Crippen LogP contribution < -0.4 is 10.5 Å². The number of methoxy groups -OCH3 is 1. The molecular formula is C29H37FN8O3. The second-order valence-corrected chi connectivity index (χ2v) is 10.6. The lowest BCUT2D eigenvalue weighted by atomic mass is 9.92. The molecule has 0 saturated carbocycles. The quantitative estimate of drug-likeness (QED) is 0.364. The molecule has 4 rings (SSSR count). The van der Waals surface area contributed by atoms with E-state index in [-0.39, 0.29) is 25.0 Å². The molecule has 2 aliphatic rings. The molecule has 2 aromatic heterocycles. The van der Waals surface area contributed by atoms with Gasteiger partial charge in [0.15, 0.2) is 0 Å². The zero-order valence-electron chi connectivity index (χ0n) is 24.0. The number of rotatable bonds is 9. The summed E-state index contributed by atoms with van der Waals surface area (Å²) in [4.78, 5) is 35.0. The molecule has 0 unspecified atom stereocenters. The summed E-state index contributed by atoms with van der Waals surface area (Å²) in [6.45, 7) is 2.93. The standard InChI is InChI=1S/C29H37FN8O3/c1-5-24(23(15-32)20-13-25(41-4)27-21(14-31)16-33-38(27)17-20)34-22-8-11-36(12-9-22)28(40)29(30)18-37(19-29)26(39)7-6-10-35(2)3/h6-7,13,15-17,22H,5,8-12,18-19,32H2,1-4H3/b7-6+,23-15?,34-24?. The number of nitrogens with two attached hydrogens (primary N) is 1. The first-order chi connectivity index (χ1) is 19.6. The summed E-state index contributed by atoms with van der Waals surface area (Å²) in [6.07, 6.45) is 9.72. The molecule has 2 saturated heterocycles. The monoisotopic (exact) mass is 564 g/mol. The smallest absolute Gasteiger partial charge is 0.264 e. The Morgan fingerprint density at radius 3 is 2.61 bits per heavy atom. The molecule has 0 bridgehead atoms. The minimum absolute atomic E-state index is 0.0543. The van der Waals surface area contributed by atoms with Gasteiger partial charge in [0.1, 0.15) is 22.9 Å². The average molecular weight is 565 g/mol. The summed E-state index contributed by atoms with van der Waals surface area (Å²) in [6, 6.07) is 3.88. The van der Waals surface area contributed by atoms with Gasteiger partial charge in [0, 0.05) is 55.0 Å². The van der Waals surface area contributed by atoms with Gasteiger partial charge in [0.05, 0.1) is 32.4 Å². The third kappa shape index (κ3) is 6.25. The molecule has 2 aliphatic heterocycles. The molecule has 4 heterocycles. The van der Waals surface area contributed by atoms with Crippen molar-refractivity contribution < 1.29 is 18.7 Å². The number of fused-ring (bicyclic) bond motifs is 1. The number of pyridine rings is 1. The second-order valence-electron chi connectivity index (χ2n) is 10.6. The lowest BCUT2D eigenvalue weighted by molar-refractivity contribution is -0.162. The summed E-state index contributed by atoms with van der Waals surface area (Å²) in [7, 11) is 5.31. The maximum absolute atomic E-state index is 15.3. The van der Waals surface area contributed by atoms with Crippen molar-refractivity contribution in [1.82, 2.24) is 24.3 Å². The van der Waals surface area contributed by atoms with Crippen LogP contribution >= 0.6 is 0 Å². The van der Waals surface area contributed by atoms with Crippen molar-refractivity contribution in [2.75, 3.05) is 53.9 Å². The number of allylic oxidation sites excluding steroid dienone is 1. The minimum Gasteiger partial charge on any atom is -0.494 e. The van der Waals surface area contributed by atoms with E-state index in [1.165, 1.54) is 30.5 Å². The van der Waals surface area contributed by atoms with Crippen molar-refractivity contribution in [3.05, 3.63) is 47.9 Å². The third-order valence-corrected chi connectivity index (χ3v) is 7.44. The van der Waals surface area contributed by atoms with Gasteiger partial charge in [0.2, 0.25) is 11.6 Å². The second kappa shape index (κ2) is 12.5. The summed E-state index contributed by atoms with van der Waals surface area (Å²) in [5.41, 5.74) is 7.27. The van der Waals surface area contributed by atoms with Crippen LogP contribution in [0.1, 0.15) is 37.3 Å². The number of carbonyl (C=O) groups is 2. The van der Waals surface area contributed by atoms with Crippen LogP contribution in [0, 0.1) is 11.3 Å². The van der Waals surface area contributed by atoms with Gasteiger partial charge in [-0.3, -0.25) is 14.6 Å². The van der Waals surface area contributed by atoms with Crippen LogP contribution in [0.25, 0.3) is 11.1 Å². The Hall–Kier alpha value is -4.24. The fourth-order valence-electron chi connectivity index (χ4n) is 5.20. The molecule has 11 nitrogen and oxygen atoms in total. The van der Waals surface area contributed by atoms with Gasteiger partial charge in [-0.15, -0.1) is 0 Å². The molecular weight excluding hydrogens is 527 g/mol. The van der Waals surface area contributed by atoms with Crippen molar-refractivity contribution in [3.8, 4) is 11.8 Å². The van der Waals surface area contributed by atoms with Crippen LogP contribution in [0.15, 0.2) is 41.8 Å². The molecule has 2 N–H and O–H groups in total. The molecule has 0 aliphatic carbocycles. The lowest BCUT2D eigenvalue weighted by Gasteiger charge is -2.45. The molecule has 0 atom stereocenters. The normalized spacial score (nSPS) is 18.2. The van der Waals surface area contributed by atoms with Crippen LogP contribution in [0.4, 0.5) is 4.39 Å². The number of alkyl halides is 1. The van der Waals surface area contributed by atoms with Crippen LogP contribution in [-0.4, -0.2) is 107 Å². The minimum atomic E-state index is -2.04. The Balaban J connectivity index is 1.39. The van der Waals surface area contributed by atoms with Gasteiger partial charge in [-0.2, -0.15) is 10.4 Å². The first kappa shape index (κ1) is 29.7. The zero-order valence-corrected chi connectivity index (χ0v) is 24.0. The zero-order chi connectivity index (χ0) is 29.7. The number of aromatic nitrogens is 2. The topological polar surface area (TPSA) is 133 Å². The molecule has 0 spiro atoms. The van der Waals surface area contributed by atoms with Crippen molar-refractivity contribution in [2.45, 2.75) is 37.9 Å². The van der Waals surface area contributed by atoms with Crippen LogP contribution in [0.2, 0.25) is 0 Å². The summed E-state index contributed by atoms with van der Waals surface area (Å²) in [5.74, 6) is -0.346. The van der Waals surface area contributed by atoms with Crippen molar-refractivity contribution >= 4 is 28.6 Å². The molecule has 12 heteroatoms. The SMILES string of the molecule is CCC(=NC1CCN(C(=O)C2(F)CN(C(=O)/C=C/CN(C)C)C2)CC1)C(=CN)c1cc(OC)c2c(C#N)cnn2c1. The Labute approximate surface area is 239 Å². The number of hydrogen-bond acceptors (Lipinski definition) is 8. The van der Waals surface area contributed by atoms with Gasteiger partial charge in [0.25, 0.3) is 5.91 Å². The van der Waals surface area contributed by atoms with Crippen LogP contribution in [0.3, 0.4) is 0 Å². The molecule has 0 radical (unpaired) electrons. The highest BCUT2D eigenvalue weighted by molar-refractivity contribution is 6.23. The van der Waals surface area contributed by atoms with Gasteiger partial charge >= 0.3 is 0 Å². The number of amides is 2. The van der Waals surface area contributed by atoms with E-state index in [1.54, 1.807) is 21.7 Å². The number of nitrogens with zero attached hydrogens (tertiary/aromatic N) is 7. The maximum atomic E-state index is 15.3. The predicted octanol–water partition coefficient (Wildman–Crippen LogP) is 2.02. The number of carbonyl (C=O) groups excluding carboxylic acids is 2. The Bertz CT molecular complexity index is 1420. The van der Waals surface area contributed by atoms with E-state index >= 15 is 4.39 Å². The fraction of sp³-hybridized carbons (Fsp3) is 0.483. The summed E-state index contributed by atoms with van der Waals surface area (Å²) >= 11 is 0. The number of ether oxygens (including phenoxy) is 1. The first-order valence-corrected chi connectivity index (χ1v) is 13.7. The highest BCUT2D eigenvalue weighted by Gasteiger charge is 2.53. The number of likely N-dealkylation sites (tertiary alicyclic amines) is 2. The summed E-state index contributed by atoms with van der Waals surface area (Å²) in [5, 5.41) is 13.7. The first-order valence-electron chi connectivity index (χ1n) is 13.7. The Morgan fingerprint density at radius 2 is 2.02 bits per heavy atom. The Morgan fingerprint density at radius 1 is 1.32 bits per heavy atom. The fourth-order valence-corrected chi connectivity index (χ4v) is 5.20. The van der Waals surface area contributed by atoms with Gasteiger partial charge < -0.3 is 25.2 Å². The van der Waals surface area contributed by atoms with Gasteiger partial charge in [-0.05, 0) is 39.4 Å². The molecule has 218 valence electrons. The van der Waals surface area contributed by atoms with Gasteiger partial charge in [-0.25, -0.2) is 8.91 Å². The van der Waals surface area contributed by atoms with Gasteiger partial charge in [-0.1, -0.05) is 13.0 Å². The van der Waals surface area contributed by atoms with E-state index in [0.717, 1.165) is 16.8 Å². The van der Waals surface area contributed by atoms with E-state index in [9.17, 15) is 14.9 Å². The van der Waals surface area contributed by atoms with E-state index in [4.69, 9.17) is 15.5 Å². The van der Waals surface area contributed by atoms with E-state index in [1.807, 2.05) is 32.0 Å². The molecule has 0 aromatic carbocycles. The number of nitriles is 1. The molecule has 2 fully saturated rings. The molecule has 2 amide bonds. The predicted molar refractivity (Wildman–Crippen MR) is 154 cm³/mol. The number of likely N-dealkylation sites (N-methyl/N-ethyl adjacent to an activating group) is 1. The van der Waals surface area contributed by atoms with Crippen LogP contribution in [0.5, 0.6) is 5.75 Å². The van der Waals surface area contributed by atoms with E-state index in [0.29, 0.717) is 55.7 Å². The molecule has 2 aromatic rings. The Kier molecular flexibility index (Phi) is 9.08. The van der Waals surface area contributed by atoms with Crippen molar-refractivity contribution in [3.63, 3.8) is 0 Å². The highest BCUT2D eigenvalue weighted by atomic mass is 19.1. The lowest BCUT2D eigenvalue weighted by Crippen LogP contribution is -2.68. The van der Waals surface area contributed by atoms with Crippen molar-refractivity contribution in [1.29, 1.82) is 5.26 Å². The third-order valence-electron chi connectivity index (χ3n) is 7.44. The number of hydrogen-bond donors (Lipinski definition) is 1. The average Bonchev–Trinajstić information content (AvgIpc) is 3.37. The number of aliphatic imine (C=N–C) groups is 1. The number of halogens is 1.